The SMILES string of the molecule is [B]Cn1cc2ccc3ccccc3c2c1C(=O)OCc1ccccc1. The zero-order valence-corrected chi connectivity index (χ0v) is 13.7. The lowest BCUT2D eigenvalue weighted by molar-refractivity contribution is 0.0463. The molecular formula is C21H16BNO2. The molecule has 0 saturated carbocycles. The van der Waals surface area contributed by atoms with Crippen molar-refractivity contribution in [1.29, 1.82) is 0 Å². The van der Waals surface area contributed by atoms with Crippen LogP contribution in [0.3, 0.4) is 0 Å². The van der Waals surface area contributed by atoms with Crippen LogP contribution in [0.5, 0.6) is 0 Å². The highest BCUT2D eigenvalue weighted by molar-refractivity contribution is 6.17. The summed E-state index contributed by atoms with van der Waals surface area (Å²) in [5.74, 6) is -0.361. The van der Waals surface area contributed by atoms with Crippen molar-refractivity contribution < 1.29 is 9.53 Å². The molecule has 1 aromatic heterocycles. The molecule has 0 aliphatic carbocycles. The first kappa shape index (κ1) is 15.5. The van der Waals surface area contributed by atoms with Crippen molar-refractivity contribution in [3.63, 3.8) is 0 Å². The third-order valence-corrected chi connectivity index (χ3v) is 4.38. The molecule has 4 heteroatoms. The summed E-state index contributed by atoms with van der Waals surface area (Å²) in [6.07, 6.45) is 2.12. The number of hydrogen-bond donors (Lipinski definition) is 0. The highest BCUT2D eigenvalue weighted by Crippen LogP contribution is 2.30. The van der Waals surface area contributed by atoms with Gasteiger partial charge in [-0.25, -0.2) is 4.79 Å². The first-order valence-electron chi connectivity index (χ1n) is 8.19. The second-order valence-corrected chi connectivity index (χ2v) is 5.94. The van der Waals surface area contributed by atoms with Crippen molar-refractivity contribution in [3.05, 3.63) is 84.2 Å². The van der Waals surface area contributed by atoms with Crippen LogP contribution in [0.4, 0.5) is 0 Å². The van der Waals surface area contributed by atoms with Gasteiger partial charge in [-0.3, -0.25) is 0 Å². The van der Waals surface area contributed by atoms with E-state index in [2.05, 4.69) is 6.07 Å². The van der Waals surface area contributed by atoms with Crippen LogP contribution in [-0.4, -0.2) is 18.4 Å². The molecule has 0 unspecified atom stereocenters. The van der Waals surface area contributed by atoms with Crippen molar-refractivity contribution in [2.75, 3.05) is 0 Å². The van der Waals surface area contributed by atoms with E-state index < -0.39 is 0 Å². The van der Waals surface area contributed by atoms with Gasteiger partial charge in [0.1, 0.15) is 12.3 Å². The molecule has 0 bridgehead atoms. The number of hydrogen-bond acceptors (Lipinski definition) is 2. The summed E-state index contributed by atoms with van der Waals surface area (Å²) in [5.41, 5.74) is 1.46. The predicted molar refractivity (Wildman–Crippen MR) is 101 cm³/mol. The van der Waals surface area contributed by atoms with Crippen LogP contribution in [0, 0.1) is 0 Å². The monoisotopic (exact) mass is 325 g/mol. The lowest BCUT2D eigenvalue weighted by atomic mass is 10.0. The molecule has 0 spiro atoms. The van der Waals surface area contributed by atoms with Crippen molar-refractivity contribution >= 4 is 35.4 Å². The molecule has 0 atom stereocenters. The summed E-state index contributed by atoms with van der Waals surface area (Å²) >= 11 is 0. The molecule has 4 rings (SSSR count). The summed E-state index contributed by atoms with van der Waals surface area (Å²) in [6.45, 7) is 0.238. The quantitative estimate of drug-likeness (QED) is 0.414. The van der Waals surface area contributed by atoms with Crippen LogP contribution in [0.2, 0.25) is 0 Å². The van der Waals surface area contributed by atoms with E-state index in [1.54, 1.807) is 4.57 Å². The van der Waals surface area contributed by atoms with Gasteiger partial charge in [0, 0.05) is 17.0 Å². The van der Waals surface area contributed by atoms with E-state index >= 15 is 0 Å². The zero-order chi connectivity index (χ0) is 17.2. The second-order valence-electron chi connectivity index (χ2n) is 5.94. The van der Waals surface area contributed by atoms with Crippen molar-refractivity contribution in [1.82, 2.24) is 4.57 Å². The second kappa shape index (κ2) is 6.48. The molecule has 25 heavy (non-hydrogen) atoms. The molecular weight excluding hydrogens is 309 g/mol. The van der Waals surface area contributed by atoms with Crippen LogP contribution in [0.25, 0.3) is 21.5 Å². The van der Waals surface area contributed by atoms with Gasteiger partial charge in [-0.1, -0.05) is 66.7 Å². The maximum Gasteiger partial charge on any atom is 0.355 e. The van der Waals surface area contributed by atoms with E-state index in [1.807, 2.05) is 66.9 Å². The third-order valence-electron chi connectivity index (χ3n) is 4.38. The Bertz CT molecular complexity index is 1050. The molecule has 3 nitrogen and oxygen atoms in total. The van der Waals surface area contributed by atoms with Gasteiger partial charge in [-0.05, 0) is 22.8 Å². The summed E-state index contributed by atoms with van der Waals surface area (Å²) in [5, 5.41) is 3.98. The standard InChI is InChI=1S/C21H16BNO2/c22-14-23-12-17-11-10-16-8-4-5-9-18(16)19(17)20(23)21(24)25-13-15-6-2-1-3-7-15/h1-12H,13-14H2. The Morgan fingerprint density at radius 3 is 2.44 bits per heavy atom. The number of esters is 1. The van der Waals surface area contributed by atoms with E-state index in [0.717, 1.165) is 27.1 Å². The van der Waals surface area contributed by atoms with Gasteiger partial charge >= 0.3 is 5.97 Å². The number of nitrogens with zero attached hydrogens (tertiary/aromatic N) is 1. The van der Waals surface area contributed by atoms with E-state index in [0.29, 0.717) is 5.69 Å². The Labute approximate surface area is 147 Å². The normalized spacial score (nSPS) is 11.0. The number of carbonyl (C=O) groups is 1. The first-order chi connectivity index (χ1) is 12.3. The number of fused-ring (bicyclic) bond motifs is 3. The molecule has 0 amide bonds. The Morgan fingerprint density at radius 2 is 1.64 bits per heavy atom. The third kappa shape index (κ3) is 2.80. The largest absolute Gasteiger partial charge is 0.456 e. The average molecular weight is 325 g/mol. The van der Waals surface area contributed by atoms with Gasteiger partial charge < -0.3 is 9.30 Å². The summed E-state index contributed by atoms with van der Waals surface area (Å²) in [4.78, 5) is 12.8. The lowest BCUT2D eigenvalue weighted by Crippen LogP contribution is -2.12. The van der Waals surface area contributed by atoms with E-state index in [4.69, 9.17) is 12.6 Å². The minimum absolute atomic E-state index is 0.221. The molecule has 0 fully saturated rings. The fraction of sp³-hybridized carbons (Fsp3) is 0.0952. The average Bonchev–Trinajstić information content (AvgIpc) is 3.06. The number of aromatic nitrogens is 1. The summed E-state index contributed by atoms with van der Waals surface area (Å²) in [6, 6.07) is 21.7. The lowest BCUT2D eigenvalue weighted by Gasteiger charge is -2.09. The Morgan fingerprint density at radius 1 is 0.920 bits per heavy atom. The van der Waals surface area contributed by atoms with Crippen LogP contribution >= 0.6 is 0 Å². The number of rotatable bonds is 4. The first-order valence-corrected chi connectivity index (χ1v) is 8.19. The number of ether oxygens (including phenoxy) is 1. The Hall–Kier alpha value is -3.01. The van der Waals surface area contributed by atoms with Gasteiger partial charge in [0.15, 0.2) is 0 Å². The van der Waals surface area contributed by atoms with Crippen LogP contribution < -0.4 is 0 Å². The number of carbonyl (C=O) groups excluding carboxylic acids is 1. The van der Waals surface area contributed by atoms with Crippen molar-refractivity contribution in [3.8, 4) is 0 Å². The predicted octanol–water partition coefficient (Wildman–Crippen LogP) is 4.28. The van der Waals surface area contributed by atoms with Crippen molar-refractivity contribution in [2.45, 2.75) is 13.1 Å². The van der Waals surface area contributed by atoms with Crippen LogP contribution in [0.1, 0.15) is 16.1 Å². The Balaban J connectivity index is 1.79. The fourth-order valence-corrected chi connectivity index (χ4v) is 3.19. The molecule has 3 aromatic carbocycles. The minimum Gasteiger partial charge on any atom is -0.456 e. The highest BCUT2D eigenvalue weighted by Gasteiger charge is 2.19. The van der Waals surface area contributed by atoms with Gasteiger partial charge in [-0.15, -0.1) is 0 Å². The number of benzene rings is 3. The molecule has 0 N–H and O–H groups in total. The molecule has 4 aromatic rings. The van der Waals surface area contributed by atoms with Gasteiger partial charge in [-0.2, -0.15) is 0 Å². The molecule has 2 radical (unpaired) electrons. The van der Waals surface area contributed by atoms with Crippen LogP contribution in [-0.2, 0) is 17.8 Å². The molecule has 120 valence electrons. The molecule has 0 aliphatic rings. The molecule has 0 aliphatic heterocycles. The van der Waals surface area contributed by atoms with E-state index in [9.17, 15) is 4.79 Å². The van der Waals surface area contributed by atoms with Gasteiger partial charge in [0.2, 0.25) is 0 Å². The molecule has 0 saturated heterocycles. The topological polar surface area (TPSA) is 31.2 Å². The highest BCUT2D eigenvalue weighted by atomic mass is 16.5. The molecule has 1 heterocycles. The summed E-state index contributed by atoms with van der Waals surface area (Å²) in [7, 11) is 5.86. The zero-order valence-electron chi connectivity index (χ0n) is 13.7. The fourth-order valence-electron chi connectivity index (χ4n) is 3.19. The Kier molecular flexibility index (Phi) is 4.02. The van der Waals surface area contributed by atoms with Crippen molar-refractivity contribution in [2.24, 2.45) is 0 Å². The minimum atomic E-state index is -0.361. The maximum absolute atomic E-state index is 12.8. The maximum atomic E-state index is 12.8. The van der Waals surface area contributed by atoms with Gasteiger partial charge in [0.25, 0.3) is 0 Å². The van der Waals surface area contributed by atoms with E-state index in [1.165, 1.54) is 0 Å². The van der Waals surface area contributed by atoms with E-state index in [-0.39, 0.29) is 19.0 Å². The smallest absolute Gasteiger partial charge is 0.355 e. The van der Waals surface area contributed by atoms with Gasteiger partial charge in [0.05, 0.1) is 7.85 Å². The van der Waals surface area contributed by atoms with Crippen LogP contribution in [0.15, 0.2) is 72.9 Å². The summed E-state index contributed by atoms with van der Waals surface area (Å²) < 4.78 is 7.31.